The highest BCUT2D eigenvalue weighted by Crippen LogP contribution is 2.07. The van der Waals surface area contributed by atoms with E-state index in [4.69, 9.17) is 34.4 Å². The topological polar surface area (TPSA) is 326 Å². The van der Waals surface area contributed by atoms with Crippen molar-refractivity contribution in [2.45, 2.75) is 82.1 Å². The first-order chi connectivity index (χ1) is 18.3. The lowest BCUT2D eigenvalue weighted by atomic mass is 10.0. The smallest absolute Gasteiger partial charge is 0.326 e. The van der Waals surface area contributed by atoms with Gasteiger partial charge < -0.3 is 60.6 Å². The van der Waals surface area contributed by atoms with Gasteiger partial charge in [-0.25, -0.2) is 4.79 Å². The molecule has 17 N–H and O–H groups in total. The number of amides is 3. The first-order valence-corrected chi connectivity index (χ1v) is 12.7. The van der Waals surface area contributed by atoms with Crippen LogP contribution in [0.5, 0.6) is 0 Å². The fourth-order valence-electron chi connectivity index (χ4n) is 3.33. The second-order valence-electron chi connectivity index (χ2n) is 8.97. The summed E-state index contributed by atoms with van der Waals surface area (Å²) < 4.78 is 0. The van der Waals surface area contributed by atoms with Crippen LogP contribution in [0, 0.1) is 0 Å². The summed E-state index contributed by atoms with van der Waals surface area (Å²) in [6.45, 7) is 2.02. The van der Waals surface area contributed by atoms with Gasteiger partial charge in [0.15, 0.2) is 11.9 Å². The highest BCUT2D eigenvalue weighted by atomic mass is 16.4. The van der Waals surface area contributed by atoms with Gasteiger partial charge in [0.1, 0.15) is 24.2 Å². The summed E-state index contributed by atoms with van der Waals surface area (Å²) in [4.78, 5) is 57.9. The third kappa shape index (κ3) is 16.0. The van der Waals surface area contributed by atoms with Gasteiger partial charge in [0.05, 0.1) is 6.10 Å². The van der Waals surface area contributed by atoms with Crippen LogP contribution in [0.1, 0.15) is 51.9 Å². The number of carboxylic acid groups (broad SMARTS) is 1. The van der Waals surface area contributed by atoms with E-state index in [1.165, 1.54) is 6.92 Å². The second kappa shape index (κ2) is 19.4. The molecular weight excluding hydrogens is 514 g/mol. The molecule has 3 amide bonds. The monoisotopic (exact) mass is 559 g/mol. The van der Waals surface area contributed by atoms with Gasteiger partial charge in [-0.15, -0.1) is 0 Å². The summed E-state index contributed by atoms with van der Waals surface area (Å²) in [6, 6.07) is -4.81. The van der Waals surface area contributed by atoms with E-state index >= 15 is 0 Å². The predicted octanol–water partition coefficient (Wildman–Crippen LogP) is -4.53. The van der Waals surface area contributed by atoms with Crippen LogP contribution in [0.4, 0.5) is 0 Å². The maximum absolute atomic E-state index is 13.2. The number of nitrogens with zero attached hydrogens (tertiary/aromatic N) is 2. The summed E-state index contributed by atoms with van der Waals surface area (Å²) in [5.41, 5.74) is 32.4. The Labute approximate surface area is 227 Å². The van der Waals surface area contributed by atoms with Crippen LogP contribution in [-0.2, 0) is 19.2 Å². The zero-order chi connectivity index (χ0) is 30.0. The number of aliphatic hydroxyl groups is 1. The van der Waals surface area contributed by atoms with Crippen molar-refractivity contribution in [3.8, 4) is 0 Å². The third-order valence-corrected chi connectivity index (χ3v) is 5.54. The lowest BCUT2D eigenvalue weighted by Gasteiger charge is -2.25. The molecule has 0 radical (unpaired) electrons. The van der Waals surface area contributed by atoms with E-state index in [1.54, 1.807) is 0 Å². The molecule has 224 valence electrons. The first-order valence-electron chi connectivity index (χ1n) is 12.7. The fourth-order valence-corrected chi connectivity index (χ4v) is 3.33. The van der Waals surface area contributed by atoms with Crippen LogP contribution in [0.25, 0.3) is 0 Å². The van der Waals surface area contributed by atoms with Crippen LogP contribution in [-0.4, -0.2) is 95.7 Å². The van der Waals surface area contributed by atoms with Crippen LogP contribution in [0.2, 0.25) is 0 Å². The maximum atomic E-state index is 13.2. The number of carboxylic acids is 1. The standard InChI is InChI=1S/C22H45N11O6/c1-12(34)16(24)19(37)32-14(7-4-10-29-21(25)26)17(35)31-13(6-2-3-9-23)18(36)33-15(20(38)39)8-5-11-30-22(27)28/h12-16,34H,2-11,23-24H2,1H3,(H,31,35)(H,32,37)(H,33,36)(H,38,39)(H4,25,26,29)(H4,27,28,30). The van der Waals surface area contributed by atoms with Crippen LogP contribution >= 0.6 is 0 Å². The largest absolute Gasteiger partial charge is 0.480 e. The Hall–Kier alpha value is -3.70. The molecule has 0 aliphatic rings. The Morgan fingerprint density at radius 3 is 1.54 bits per heavy atom. The van der Waals surface area contributed by atoms with Crippen molar-refractivity contribution in [1.82, 2.24) is 16.0 Å². The molecule has 0 fully saturated rings. The van der Waals surface area contributed by atoms with E-state index in [1.807, 2.05) is 0 Å². The third-order valence-electron chi connectivity index (χ3n) is 5.54. The van der Waals surface area contributed by atoms with E-state index < -0.39 is 54.0 Å². The number of nitrogens with two attached hydrogens (primary N) is 6. The molecular formula is C22H45N11O6. The van der Waals surface area contributed by atoms with E-state index in [0.29, 0.717) is 25.8 Å². The van der Waals surface area contributed by atoms with Gasteiger partial charge >= 0.3 is 5.97 Å². The van der Waals surface area contributed by atoms with Gasteiger partial charge in [0.2, 0.25) is 17.7 Å². The number of nitrogens with one attached hydrogen (secondary N) is 3. The number of hydrogen-bond acceptors (Lipinski definition) is 9. The summed E-state index contributed by atoms with van der Waals surface area (Å²) in [5, 5.41) is 26.7. The zero-order valence-electron chi connectivity index (χ0n) is 22.3. The van der Waals surface area contributed by atoms with E-state index in [2.05, 4.69) is 25.9 Å². The number of carbonyl (C=O) groups excluding carboxylic acids is 3. The SMILES string of the molecule is CC(O)C(N)C(=O)NC(CCCN=C(N)N)C(=O)NC(CCCCN)C(=O)NC(CCCN=C(N)N)C(=O)O. The highest BCUT2D eigenvalue weighted by Gasteiger charge is 2.30. The summed E-state index contributed by atoms with van der Waals surface area (Å²) in [7, 11) is 0. The average Bonchev–Trinajstić information content (AvgIpc) is 2.85. The molecule has 0 aliphatic carbocycles. The Kier molecular flexibility index (Phi) is 17.5. The van der Waals surface area contributed by atoms with Gasteiger partial charge in [0, 0.05) is 13.1 Å². The zero-order valence-corrected chi connectivity index (χ0v) is 22.3. The van der Waals surface area contributed by atoms with Crippen LogP contribution in [0.3, 0.4) is 0 Å². The molecule has 17 nitrogen and oxygen atoms in total. The fraction of sp³-hybridized carbons (Fsp3) is 0.727. The number of hydrogen-bond donors (Lipinski definition) is 11. The molecule has 0 spiro atoms. The molecule has 0 aromatic rings. The summed E-state index contributed by atoms with van der Waals surface area (Å²) in [5.74, 6) is -3.75. The Morgan fingerprint density at radius 2 is 1.13 bits per heavy atom. The number of carbonyl (C=O) groups is 4. The molecule has 0 bridgehead atoms. The van der Waals surface area contributed by atoms with Crippen LogP contribution in [0.15, 0.2) is 9.98 Å². The van der Waals surface area contributed by atoms with Crippen molar-refractivity contribution in [3.63, 3.8) is 0 Å². The summed E-state index contributed by atoms with van der Waals surface area (Å²) >= 11 is 0. The van der Waals surface area contributed by atoms with Gasteiger partial charge in [-0.05, 0) is 58.4 Å². The normalized spacial score (nSPS) is 14.6. The second-order valence-corrected chi connectivity index (χ2v) is 8.97. The predicted molar refractivity (Wildman–Crippen MR) is 146 cm³/mol. The molecule has 0 aliphatic heterocycles. The van der Waals surface area contributed by atoms with Crippen molar-refractivity contribution in [3.05, 3.63) is 0 Å². The van der Waals surface area contributed by atoms with E-state index in [-0.39, 0.29) is 50.7 Å². The van der Waals surface area contributed by atoms with Crippen molar-refractivity contribution in [2.75, 3.05) is 19.6 Å². The molecule has 0 aromatic carbocycles. The lowest BCUT2D eigenvalue weighted by molar-refractivity contribution is -0.142. The lowest BCUT2D eigenvalue weighted by Crippen LogP contribution is -2.58. The number of unbranched alkanes of at least 4 members (excludes halogenated alkanes) is 1. The molecule has 0 heterocycles. The summed E-state index contributed by atoms with van der Waals surface area (Å²) in [6.07, 6.45) is 0.714. The van der Waals surface area contributed by atoms with Gasteiger partial charge in [-0.1, -0.05) is 0 Å². The molecule has 5 atom stereocenters. The molecule has 0 aromatic heterocycles. The Morgan fingerprint density at radius 1 is 0.718 bits per heavy atom. The number of aliphatic carboxylic acids is 1. The van der Waals surface area contributed by atoms with Crippen molar-refractivity contribution in [2.24, 2.45) is 44.4 Å². The minimum absolute atomic E-state index is 0.0437. The molecule has 0 rings (SSSR count). The van der Waals surface area contributed by atoms with Crippen LogP contribution < -0.4 is 50.4 Å². The first kappa shape index (κ1) is 35.3. The van der Waals surface area contributed by atoms with Crippen molar-refractivity contribution >= 4 is 35.6 Å². The minimum atomic E-state index is -1.29. The number of aliphatic hydroxyl groups excluding tert-OH is 1. The molecule has 5 unspecified atom stereocenters. The van der Waals surface area contributed by atoms with Gasteiger partial charge in [-0.2, -0.15) is 0 Å². The van der Waals surface area contributed by atoms with Gasteiger partial charge in [0.25, 0.3) is 0 Å². The average molecular weight is 560 g/mol. The molecule has 39 heavy (non-hydrogen) atoms. The molecule has 17 heteroatoms. The number of guanidine groups is 2. The van der Waals surface area contributed by atoms with E-state index in [0.717, 1.165) is 0 Å². The number of rotatable bonds is 20. The maximum Gasteiger partial charge on any atom is 0.326 e. The highest BCUT2D eigenvalue weighted by molar-refractivity contribution is 5.94. The minimum Gasteiger partial charge on any atom is -0.480 e. The van der Waals surface area contributed by atoms with Gasteiger partial charge in [-0.3, -0.25) is 24.4 Å². The van der Waals surface area contributed by atoms with Crippen molar-refractivity contribution < 1.29 is 29.4 Å². The molecule has 0 saturated carbocycles. The molecule has 0 saturated heterocycles. The quantitative estimate of drug-likeness (QED) is 0.0381. The number of aliphatic imine (C=N–C) groups is 2. The van der Waals surface area contributed by atoms with E-state index in [9.17, 15) is 29.4 Å². The Balaban J connectivity index is 5.61. The van der Waals surface area contributed by atoms with Crippen molar-refractivity contribution in [1.29, 1.82) is 0 Å². The Bertz CT molecular complexity index is 844.